The number of halogens is 1. The van der Waals surface area contributed by atoms with Gasteiger partial charge in [0, 0.05) is 12.2 Å². The van der Waals surface area contributed by atoms with Gasteiger partial charge in [0.15, 0.2) is 6.07 Å². The minimum absolute atomic E-state index is 0.119. The van der Waals surface area contributed by atoms with Crippen LogP contribution in [0.2, 0.25) is 0 Å². The van der Waals surface area contributed by atoms with Gasteiger partial charge in [0.05, 0.1) is 0 Å². The summed E-state index contributed by atoms with van der Waals surface area (Å²) in [4.78, 5) is 13.1. The molecule has 0 N–H and O–H groups in total. The molecular weight excluding hydrogens is 214 g/mol. The molecular formula is C11H14ClNO2. The first-order chi connectivity index (χ1) is 7.29. The van der Waals surface area contributed by atoms with E-state index in [4.69, 9.17) is 16.3 Å². The fourth-order valence-electron chi connectivity index (χ4n) is 1.28. The smallest absolute Gasteiger partial charge is 0.415 e. The predicted octanol–water partition coefficient (Wildman–Crippen LogP) is 3.24. The van der Waals surface area contributed by atoms with Crippen LogP contribution >= 0.6 is 11.6 Å². The number of benzene rings is 1. The van der Waals surface area contributed by atoms with E-state index in [1.807, 2.05) is 37.3 Å². The molecule has 82 valence electrons. The van der Waals surface area contributed by atoms with E-state index in [0.717, 1.165) is 12.1 Å². The summed E-state index contributed by atoms with van der Waals surface area (Å²) in [5, 5.41) is 0. The second-order valence-corrected chi connectivity index (χ2v) is 3.22. The minimum atomic E-state index is -0.405. The average molecular weight is 228 g/mol. The molecule has 0 unspecified atom stereocenters. The molecule has 0 saturated carbocycles. The van der Waals surface area contributed by atoms with Crippen LogP contribution in [0.3, 0.4) is 0 Å². The summed E-state index contributed by atoms with van der Waals surface area (Å²) in [5.41, 5.74) is 0.828. The van der Waals surface area contributed by atoms with E-state index in [1.165, 1.54) is 0 Å². The molecule has 0 aliphatic heterocycles. The lowest BCUT2D eigenvalue weighted by molar-refractivity contribution is 0.172. The number of carbonyl (C=O) groups is 1. The highest BCUT2D eigenvalue weighted by Crippen LogP contribution is 2.14. The Balaban J connectivity index is 2.78. The first kappa shape index (κ1) is 11.9. The SMILES string of the molecule is CCCN(C(=O)OCCl)c1ccccc1. The first-order valence-electron chi connectivity index (χ1n) is 4.85. The minimum Gasteiger partial charge on any atom is -0.433 e. The van der Waals surface area contributed by atoms with Crippen LogP contribution in [0, 0.1) is 0 Å². The Morgan fingerprint density at radius 3 is 2.60 bits per heavy atom. The number of alkyl halides is 1. The number of nitrogens with zero attached hydrogens (tertiary/aromatic N) is 1. The Hall–Kier alpha value is -1.22. The molecule has 1 amide bonds. The van der Waals surface area contributed by atoms with E-state index in [2.05, 4.69) is 0 Å². The normalized spacial score (nSPS) is 9.73. The van der Waals surface area contributed by atoms with Gasteiger partial charge in [-0.05, 0) is 18.6 Å². The van der Waals surface area contributed by atoms with Crippen LogP contribution in [-0.2, 0) is 4.74 Å². The zero-order chi connectivity index (χ0) is 11.1. The molecule has 15 heavy (non-hydrogen) atoms. The van der Waals surface area contributed by atoms with Crippen molar-refractivity contribution in [1.29, 1.82) is 0 Å². The summed E-state index contributed by atoms with van der Waals surface area (Å²) < 4.78 is 4.76. The maximum absolute atomic E-state index is 11.6. The van der Waals surface area contributed by atoms with Gasteiger partial charge < -0.3 is 4.74 Å². The number of hydrogen-bond donors (Lipinski definition) is 0. The lowest BCUT2D eigenvalue weighted by Crippen LogP contribution is -2.31. The molecule has 0 heterocycles. The molecule has 0 spiro atoms. The third-order valence-electron chi connectivity index (χ3n) is 1.91. The molecule has 0 aromatic heterocycles. The molecule has 0 aliphatic rings. The Labute approximate surface area is 94.6 Å². The van der Waals surface area contributed by atoms with Crippen LogP contribution in [0.4, 0.5) is 10.5 Å². The third-order valence-corrected chi connectivity index (χ3v) is 2.02. The summed E-state index contributed by atoms with van der Waals surface area (Å²) >= 11 is 5.36. The van der Waals surface area contributed by atoms with Crippen molar-refractivity contribution in [2.75, 3.05) is 17.5 Å². The van der Waals surface area contributed by atoms with Gasteiger partial charge in [-0.1, -0.05) is 36.7 Å². The second-order valence-electron chi connectivity index (χ2n) is 3.01. The quantitative estimate of drug-likeness (QED) is 0.739. The molecule has 1 aromatic carbocycles. The summed E-state index contributed by atoms with van der Waals surface area (Å²) in [6, 6.07) is 9.28. The van der Waals surface area contributed by atoms with E-state index >= 15 is 0 Å². The van der Waals surface area contributed by atoms with Gasteiger partial charge in [-0.25, -0.2) is 4.79 Å². The van der Waals surface area contributed by atoms with Crippen molar-refractivity contribution in [1.82, 2.24) is 0 Å². The fraction of sp³-hybridized carbons (Fsp3) is 0.364. The van der Waals surface area contributed by atoms with Crippen molar-refractivity contribution < 1.29 is 9.53 Å². The third kappa shape index (κ3) is 3.44. The van der Waals surface area contributed by atoms with Crippen LogP contribution < -0.4 is 4.90 Å². The van der Waals surface area contributed by atoms with Crippen LogP contribution in [0.5, 0.6) is 0 Å². The molecule has 0 bridgehead atoms. The average Bonchev–Trinajstić information content (AvgIpc) is 2.27. The van der Waals surface area contributed by atoms with Crippen molar-refractivity contribution in [3.8, 4) is 0 Å². The number of rotatable bonds is 4. The molecule has 1 rings (SSSR count). The van der Waals surface area contributed by atoms with E-state index in [1.54, 1.807) is 4.90 Å². The number of ether oxygens (including phenoxy) is 1. The van der Waals surface area contributed by atoms with Gasteiger partial charge >= 0.3 is 6.09 Å². The lowest BCUT2D eigenvalue weighted by atomic mass is 10.3. The second kappa shape index (κ2) is 6.30. The van der Waals surface area contributed by atoms with Crippen LogP contribution in [0.25, 0.3) is 0 Å². The van der Waals surface area contributed by atoms with Gasteiger partial charge in [-0.3, -0.25) is 4.90 Å². The van der Waals surface area contributed by atoms with Gasteiger partial charge in [0.1, 0.15) is 0 Å². The molecule has 1 aromatic rings. The van der Waals surface area contributed by atoms with Crippen molar-refractivity contribution in [3.63, 3.8) is 0 Å². The zero-order valence-electron chi connectivity index (χ0n) is 8.65. The monoisotopic (exact) mass is 227 g/mol. The maximum atomic E-state index is 11.6. The van der Waals surface area contributed by atoms with E-state index < -0.39 is 6.09 Å². The van der Waals surface area contributed by atoms with Crippen LogP contribution in [-0.4, -0.2) is 18.7 Å². The highest BCUT2D eigenvalue weighted by atomic mass is 35.5. The van der Waals surface area contributed by atoms with Gasteiger partial charge in [0.25, 0.3) is 0 Å². The highest BCUT2D eigenvalue weighted by Gasteiger charge is 2.15. The van der Waals surface area contributed by atoms with E-state index in [0.29, 0.717) is 6.54 Å². The van der Waals surface area contributed by atoms with E-state index in [9.17, 15) is 4.79 Å². The molecule has 0 atom stereocenters. The molecule has 3 nitrogen and oxygen atoms in total. The number of para-hydroxylation sites is 1. The van der Waals surface area contributed by atoms with Crippen LogP contribution in [0.1, 0.15) is 13.3 Å². The molecule has 0 fully saturated rings. The standard InChI is InChI=1S/C11H14ClNO2/c1-2-8-13(11(14)15-9-12)10-6-4-3-5-7-10/h3-7H,2,8-9H2,1H3. The number of anilines is 1. The highest BCUT2D eigenvalue weighted by molar-refractivity contribution is 6.17. The number of hydrogen-bond acceptors (Lipinski definition) is 2. The maximum Gasteiger partial charge on any atom is 0.415 e. The van der Waals surface area contributed by atoms with Gasteiger partial charge in [0.2, 0.25) is 0 Å². The first-order valence-corrected chi connectivity index (χ1v) is 5.38. The van der Waals surface area contributed by atoms with Crippen LogP contribution in [0.15, 0.2) is 30.3 Å². The Morgan fingerprint density at radius 1 is 1.40 bits per heavy atom. The van der Waals surface area contributed by atoms with Gasteiger partial charge in [-0.2, -0.15) is 0 Å². The Kier molecular flexibility index (Phi) is 4.98. The summed E-state index contributed by atoms with van der Waals surface area (Å²) in [6.07, 6.45) is 0.463. The summed E-state index contributed by atoms with van der Waals surface area (Å²) in [7, 11) is 0. The Bertz CT molecular complexity index is 303. The molecule has 0 radical (unpaired) electrons. The summed E-state index contributed by atoms with van der Waals surface area (Å²) in [5.74, 6) is 0. The largest absolute Gasteiger partial charge is 0.433 e. The zero-order valence-corrected chi connectivity index (χ0v) is 9.41. The van der Waals surface area contributed by atoms with Gasteiger partial charge in [-0.15, -0.1) is 0 Å². The predicted molar refractivity (Wildman–Crippen MR) is 61.3 cm³/mol. The number of amides is 1. The fourth-order valence-corrected chi connectivity index (χ4v) is 1.38. The van der Waals surface area contributed by atoms with Crippen molar-refractivity contribution >= 4 is 23.4 Å². The molecule has 4 heteroatoms. The van der Waals surface area contributed by atoms with Crippen molar-refractivity contribution in [2.24, 2.45) is 0 Å². The van der Waals surface area contributed by atoms with E-state index in [-0.39, 0.29) is 6.07 Å². The van der Waals surface area contributed by atoms with Crippen molar-refractivity contribution in [3.05, 3.63) is 30.3 Å². The topological polar surface area (TPSA) is 29.5 Å². The Morgan fingerprint density at radius 2 is 2.07 bits per heavy atom. The molecule has 0 aliphatic carbocycles. The van der Waals surface area contributed by atoms with Crippen molar-refractivity contribution in [2.45, 2.75) is 13.3 Å². The lowest BCUT2D eigenvalue weighted by Gasteiger charge is -2.20. The summed E-state index contributed by atoms with van der Waals surface area (Å²) in [6.45, 7) is 2.63. The number of carbonyl (C=O) groups excluding carboxylic acids is 1. The molecule has 0 saturated heterocycles.